The fourth-order valence-corrected chi connectivity index (χ4v) is 2.84. The number of likely N-dealkylation sites (tertiary alicyclic amines) is 1. The Labute approximate surface area is 140 Å². The van der Waals surface area contributed by atoms with E-state index < -0.39 is 6.10 Å². The molecule has 1 N–H and O–H groups in total. The number of β-amino-alcohol motifs (C(OH)–C–C–N with tert-alkyl or cyclic N) is 1. The van der Waals surface area contributed by atoms with Crippen LogP contribution >= 0.6 is 0 Å². The minimum Gasteiger partial charge on any atom is -0.491 e. The van der Waals surface area contributed by atoms with Crippen molar-refractivity contribution >= 4 is 0 Å². The third-order valence-electron chi connectivity index (χ3n) is 4.63. The van der Waals surface area contributed by atoms with E-state index in [-0.39, 0.29) is 0 Å². The van der Waals surface area contributed by atoms with Crippen LogP contribution in [0.15, 0.2) is 18.2 Å². The minimum atomic E-state index is -0.412. The van der Waals surface area contributed by atoms with E-state index in [0.717, 1.165) is 24.8 Å². The van der Waals surface area contributed by atoms with E-state index in [9.17, 15) is 5.11 Å². The largest absolute Gasteiger partial charge is 0.491 e. The van der Waals surface area contributed by atoms with Gasteiger partial charge in [-0.05, 0) is 69.0 Å². The second-order valence-corrected chi connectivity index (χ2v) is 6.81. The molecule has 1 aliphatic heterocycles. The zero-order chi connectivity index (χ0) is 16.7. The Hall–Kier alpha value is -1.10. The number of hydrogen-bond acceptors (Lipinski definition) is 4. The molecule has 1 aliphatic rings. The van der Waals surface area contributed by atoms with Crippen LogP contribution in [0.5, 0.6) is 5.75 Å². The topological polar surface area (TPSA) is 41.9 Å². The van der Waals surface area contributed by atoms with Crippen molar-refractivity contribution in [1.82, 2.24) is 4.90 Å². The average molecular weight is 321 g/mol. The van der Waals surface area contributed by atoms with Gasteiger partial charge in [-0.15, -0.1) is 0 Å². The van der Waals surface area contributed by atoms with Crippen molar-refractivity contribution in [1.29, 1.82) is 0 Å². The molecule has 1 aromatic rings. The van der Waals surface area contributed by atoms with Crippen LogP contribution in [0.1, 0.15) is 30.9 Å². The van der Waals surface area contributed by atoms with Crippen molar-refractivity contribution in [3.8, 4) is 5.75 Å². The van der Waals surface area contributed by atoms with Gasteiger partial charge >= 0.3 is 0 Å². The molecule has 0 aliphatic carbocycles. The molecule has 0 unspecified atom stereocenters. The lowest BCUT2D eigenvalue weighted by Gasteiger charge is -2.31. The molecule has 1 atom stereocenters. The third kappa shape index (κ3) is 6.50. The summed E-state index contributed by atoms with van der Waals surface area (Å²) in [5.74, 6) is 1.70. The Morgan fingerprint density at radius 3 is 2.61 bits per heavy atom. The van der Waals surface area contributed by atoms with Crippen molar-refractivity contribution < 1.29 is 14.6 Å². The SMILES string of the molecule is Cc1ccc(OCCOC[C@@H](O)CN2CCC(C)CC2)cc1C. The van der Waals surface area contributed by atoms with Crippen LogP contribution in [0.25, 0.3) is 0 Å². The molecule has 2 rings (SSSR count). The minimum absolute atomic E-state index is 0.377. The number of aliphatic hydroxyl groups excluding tert-OH is 1. The molecule has 23 heavy (non-hydrogen) atoms. The first-order valence-corrected chi connectivity index (χ1v) is 8.73. The predicted octanol–water partition coefficient (Wildman–Crippen LogP) is 2.79. The van der Waals surface area contributed by atoms with Gasteiger partial charge in [-0.2, -0.15) is 0 Å². The van der Waals surface area contributed by atoms with Crippen molar-refractivity contribution in [2.75, 3.05) is 39.5 Å². The van der Waals surface area contributed by atoms with Crippen LogP contribution < -0.4 is 4.74 Å². The van der Waals surface area contributed by atoms with Gasteiger partial charge in [-0.25, -0.2) is 0 Å². The molecule has 0 aromatic heterocycles. The Morgan fingerprint density at radius 1 is 1.17 bits per heavy atom. The zero-order valence-electron chi connectivity index (χ0n) is 14.8. The van der Waals surface area contributed by atoms with E-state index in [1.807, 2.05) is 12.1 Å². The maximum atomic E-state index is 10.0. The third-order valence-corrected chi connectivity index (χ3v) is 4.63. The van der Waals surface area contributed by atoms with Crippen LogP contribution in [0.4, 0.5) is 0 Å². The van der Waals surface area contributed by atoms with Gasteiger partial charge < -0.3 is 19.5 Å². The van der Waals surface area contributed by atoms with Gasteiger partial charge in [0.05, 0.1) is 19.3 Å². The first-order chi connectivity index (χ1) is 11.0. The standard InChI is InChI=1S/C19H31NO3/c1-15-6-8-20(9-7-15)13-18(21)14-22-10-11-23-19-5-4-16(2)17(3)12-19/h4-5,12,15,18,21H,6-11,13-14H2,1-3H3/t18-/m0/s1. The maximum absolute atomic E-state index is 10.0. The van der Waals surface area contributed by atoms with Gasteiger partial charge in [0.15, 0.2) is 0 Å². The summed E-state index contributed by atoms with van der Waals surface area (Å²) in [6.45, 7) is 10.8. The molecule has 1 saturated heterocycles. The summed E-state index contributed by atoms with van der Waals surface area (Å²) in [6.07, 6.45) is 2.06. The van der Waals surface area contributed by atoms with E-state index in [1.54, 1.807) is 0 Å². The van der Waals surface area contributed by atoms with Crippen LogP contribution in [0.3, 0.4) is 0 Å². The second-order valence-electron chi connectivity index (χ2n) is 6.81. The number of hydrogen-bond donors (Lipinski definition) is 1. The van der Waals surface area contributed by atoms with Crippen molar-refractivity contribution in [3.63, 3.8) is 0 Å². The summed E-state index contributed by atoms with van der Waals surface area (Å²) in [6, 6.07) is 6.09. The van der Waals surface area contributed by atoms with Gasteiger partial charge in [-0.1, -0.05) is 13.0 Å². The summed E-state index contributed by atoms with van der Waals surface area (Å²) >= 11 is 0. The Balaban J connectivity index is 1.55. The number of aliphatic hydroxyl groups is 1. The first-order valence-electron chi connectivity index (χ1n) is 8.73. The quantitative estimate of drug-likeness (QED) is 0.748. The number of nitrogens with zero attached hydrogens (tertiary/aromatic N) is 1. The summed E-state index contributed by atoms with van der Waals surface area (Å²) in [5.41, 5.74) is 2.50. The van der Waals surface area contributed by atoms with E-state index in [0.29, 0.717) is 26.4 Å². The number of benzene rings is 1. The van der Waals surface area contributed by atoms with Crippen molar-refractivity contribution in [2.45, 2.75) is 39.7 Å². The van der Waals surface area contributed by atoms with Crippen molar-refractivity contribution in [2.24, 2.45) is 5.92 Å². The first kappa shape index (κ1) is 18.2. The Morgan fingerprint density at radius 2 is 1.91 bits per heavy atom. The molecule has 4 heteroatoms. The lowest BCUT2D eigenvalue weighted by Crippen LogP contribution is -2.40. The summed E-state index contributed by atoms with van der Waals surface area (Å²) < 4.78 is 11.2. The number of rotatable bonds is 8. The highest BCUT2D eigenvalue weighted by Gasteiger charge is 2.18. The van der Waals surface area contributed by atoms with E-state index >= 15 is 0 Å². The molecule has 0 spiro atoms. The van der Waals surface area contributed by atoms with Gasteiger partial charge in [0.2, 0.25) is 0 Å². The molecule has 0 saturated carbocycles. The van der Waals surface area contributed by atoms with Gasteiger partial charge in [0.1, 0.15) is 12.4 Å². The fourth-order valence-electron chi connectivity index (χ4n) is 2.84. The van der Waals surface area contributed by atoms with Crippen LogP contribution in [0.2, 0.25) is 0 Å². The van der Waals surface area contributed by atoms with Gasteiger partial charge in [0.25, 0.3) is 0 Å². The fraction of sp³-hybridized carbons (Fsp3) is 0.684. The molecule has 1 fully saturated rings. The second kappa shape index (κ2) is 9.26. The Bertz CT molecular complexity index is 470. The summed E-state index contributed by atoms with van der Waals surface area (Å²) in [5, 5.41) is 10.0. The lowest BCUT2D eigenvalue weighted by molar-refractivity contribution is 0.00333. The molecule has 1 heterocycles. The smallest absolute Gasteiger partial charge is 0.119 e. The molecular weight excluding hydrogens is 290 g/mol. The van der Waals surface area contributed by atoms with E-state index in [2.05, 4.69) is 31.7 Å². The molecular formula is C19H31NO3. The molecule has 4 nitrogen and oxygen atoms in total. The highest BCUT2D eigenvalue weighted by atomic mass is 16.5. The number of aryl methyl sites for hydroxylation is 2. The number of piperidine rings is 1. The highest BCUT2D eigenvalue weighted by Crippen LogP contribution is 2.17. The normalized spacial score (nSPS) is 18.1. The average Bonchev–Trinajstić information content (AvgIpc) is 2.53. The molecule has 0 amide bonds. The zero-order valence-corrected chi connectivity index (χ0v) is 14.8. The summed E-state index contributed by atoms with van der Waals surface area (Å²) in [4.78, 5) is 2.33. The Kier molecular flexibility index (Phi) is 7.34. The van der Waals surface area contributed by atoms with Crippen LogP contribution in [-0.2, 0) is 4.74 Å². The van der Waals surface area contributed by atoms with E-state index in [1.165, 1.54) is 24.0 Å². The number of ether oxygens (including phenoxy) is 2. The predicted molar refractivity (Wildman–Crippen MR) is 93.1 cm³/mol. The lowest BCUT2D eigenvalue weighted by atomic mass is 9.99. The maximum Gasteiger partial charge on any atom is 0.119 e. The molecule has 0 bridgehead atoms. The summed E-state index contributed by atoms with van der Waals surface area (Å²) in [7, 11) is 0. The van der Waals surface area contributed by atoms with Crippen LogP contribution in [-0.4, -0.2) is 55.6 Å². The molecule has 130 valence electrons. The molecule has 1 aromatic carbocycles. The monoisotopic (exact) mass is 321 g/mol. The van der Waals surface area contributed by atoms with E-state index in [4.69, 9.17) is 9.47 Å². The van der Waals surface area contributed by atoms with Crippen molar-refractivity contribution in [3.05, 3.63) is 29.3 Å². The van der Waals surface area contributed by atoms with Gasteiger partial charge in [-0.3, -0.25) is 0 Å². The van der Waals surface area contributed by atoms with Gasteiger partial charge in [0, 0.05) is 6.54 Å². The molecule has 0 radical (unpaired) electrons. The van der Waals surface area contributed by atoms with Crippen LogP contribution in [0, 0.1) is 19.8 Å². The highest BCUT2D eigenvalue weighted by molar-refractivity contribution is 5.33.